The summed E-state index contributed by atoms with van der Waals surface area (Å²) in [6.07, 6.45) is 13.6. The first-order valence-electron chi connectivity index (χ1n) is 10.7. The first-order chi connectivity index (χ1) is 15.7. The zero-order valence-electron chi connectivity index (χ0n) is 17.7. The summed E-state index contributed by atoms with van der Waals surface area (Å²) < 4.78 is 41.0. The number of halogens is 2. The number of alkyl halides is 1. The predicted octanol–water partition coefficient (Wildman–Crippen LogP) is 4.15. The van der Waals surface area contributed by atoms with Crippen LogP contribution in [0.3, 0.4) is 0 Å². The smallest absolute Gasteiger partial charge is 0.224 e. The Bertz CT molecular complexity index is 1410. The molecule has 0 amide bonds. The van der Waals surface area contributed by atoms with Crippen LogP contribution < -0.4 is 10.9 Å². The van der Waals surface area contributed by atoms with Crippen molar-refractivity contribution in [3.8, 4) is 11.1 Å². The summed E-state index contributed by atoms with van der Waals surface area (Å²) in [6.45, 7) is 0. The quantitative estimate of drug-likeness (QED) is 0.536. The maximum absolute atomic E-state index is 15.6. The van der Waals surface area contributed by atoms with E-state index >= 15 is 4.39 Å². The highest BCUT2D eigenvalue weighted by Gasteiger charge is 2.49. The molecule has 3 aromatic rings. The van der Waals surface area contributed by atoms with Crippen molar-refractivity contribution in [2.24, 2.45) is 5.14 Å². The monoisotopic (exact) mass is 487 g/mol. The second kappa shape index (κ2) is 7.93. The number of hydrogen-bond donors (Lipinski definition) is 2. The molecule has 2 aromatic heterocycles. The summed E-state index contributed by atoms with van der Waals surface area (Å²) in [4.78, 5) is 8.58. The Balaban J connectivity index is 1.68. The van der Waals surface area contributed by atoms with Crippen molar-refractivity contribution < 1.29 is 12.8 Å². The highest BCUT2D eigenvalue weighted by atomic mass is 35.5. The fraction of sp³-hybridized carbons (Fsp3) is 0.304. The number of allylic oxidation sites excluding steroid dienone is 3. The topological polar surface area (TPSA) is 117 Å². The molecule has 0 bridgehead atoms. The summed E-state index contributed by atoms with van der Waals surface area (Å²) in [5, 5.41) is 5.14. The summed E-state index contributed by atoms with van der Waals surface area (Å²) in [7, 11) is -4.29. The van der Waals surface area contributed by atoms with Gasteiger partial charge in [0.15, 0.2) is 4.75 Å². The van der Waals surface area contributed by atoms with Crippen LogP contribution in [-0.2, 0) is 14.8 Å². The van der Waals surface area contributed by atoms with Gasteiger partial charge < -0.3 is 10.3 Å². The molecular formula is C23H23ClFN5O2S. The van der Waals surface area contributed by atoms with E-state index in [9.17, 15) is 8.42 Å². The van der Waals surface area contributed by atoms with Crippen LogP contribution in [0.15, 0.2) is 55.0 Å². The molecule has 0 aliphatic heterocycles. The minimum absolute atomic E-state index is 0.113. The molecule has 1 fully saturated rings. The van der Waals surface area contributed by atoms with Gasteiger partial charge in [-0.1, -0.05) is 49.3 Å². The third kappa shape index (κ3) is 3.37. The van der Waals surface area contributed by atoms with Crippen molar-refractivity contribution in [1.82, 2.24) is 14.5 Å². The van der Waals surface area contributed by atoms with E-state index in [4.69, 9.17) is 22.5 Å². The van der Waals surface area contributed by atoms with Crippen molar-refractivity contribution >= 4 is 38.5 Å². The standard InChI is InChI=1S/C23H23ClFN5O2S/c24-19-7-3-4-10-23(19,33(27,31)32)17-9-8-14(11-18(17)25)16-12-30(15-5-1-2-6-15)22-20(16)21(26)28-13-29-22/h3-4,7-13,15,19H,1-2,5-6H2,(H2,26,28,29)(H2,27,31,32). The van der Waals surface area contributed by atoms with Gasteiger partial charge in [0.25, 0.3) is 0 Å². The number of nitrogens with two attached hydrogens (primary N) is 2. The van der Waals surface area contributed by atoms with Gasteiger partial charge in [0.05, 0.1) is 10.8 Å². The molecular weight excluding hydrogens is 465 g/mol. The molecule has 2 aliphatic rings. The Labute approximate surface area is 196 Å². The highest BCUT2D eigenvalue weighted by Crippen LogP contribution is 2.43. The number of primary sulfonamides is 1. The van der Waals surface area contributed by atoms with Crippen LogP contribution in [0.4, 0.5) is 10.2 Å². The van der Waals surface area contributed by atoms with Crippen molar-refractivity contribution in [2.45, 2.75) is 41.8 Å². The van der Waals surface area contributed by atoms with Crippen LogP contribution in [0.2, 0.25) is 0 Å². The van der Waals surface area contributed by atoms with Gasteiger partial charge in [0.1, 0.15) is 23.6 Å². The van der Waals surface area contributed by atoms with E-state index in [2.05, 4.69) is 14.5 Å². The zero-order chi connectivity index (χ0) is 23.4. The van der Waals surface area contributed by atoms with Crippen molar-refractivity contribution in [3.63, 3.8) is 0 Å². The molecule has 0 spiro atoms. The average molecular weight is 488 g/mol. The Hall–Kier alpha value is -2.75. The molecule has 2 atom stereocenters. The predicted molar refractivity (Wildman–Crippen MR) is 128 cm³/mol. The van der Waals surface area contributed by atoms with E-state index in [1.165, 1.54) is 36.7 Å². The average Bonchev–Trinajstić information content (AvgIpc) is 3.42. The fourth-order valence-electron chi connectivity index (χ4n) is 5.03. The molecule has 2 aliphatic carbocycles. The minimum Gasteiger partial charge on any atom is -0.383 e. The lowest BCUT2D eigenvalue weighted by atomic mass is 9.89. The second-order valence-corrected chi connectivity index (χ2v) is 10.8. The number of hydrogen-bond acceptors (Lipinski definition) is 5. The molecule has 1 saturated carbocycles. The van der Waals surface area contributed by atoms with Crippen molar-refractivity contribution in [3.05, 3.63) is 66.4 Å². The Kier molecular flexibility index (Phi) is 5.30. The summed E-state index contributed by atoms with van der Waals surface area (Å²) in [5.74, 6) is -0.428. The lowest BCUT2D eigenvalue weighted by Gasteiger charge is -2.33. The number of benzene rings is 1. The number of fused-ring (bicyclic) bond motifs is 1. The van der Waals surface area contributed by atoms with Crippen LogP contribution in [0.5, 0.6) is 0 Å². The van der Waals surface area contributed by atoms with Gasteiger partial charge in [-0.3, -0.25) is 0 Å². The van der Waals surface area contributed by atoms with Crippen LogP contribution >= 0.6 is 11.6 Å². The molecule has 1 aromatic carbocycles. The van der Waals surface area contributed by atoms with E-state index in [-0.39, 0.29) is 5.56 Å². The molecule has 10 heteroatoms. The normalized spacial score (nSPS) is 23.5. The Morgan fingerprint density at radius 3 is 2.61 bits per heavy atom. The third-order valence-corrected chi connectivity index (χ3v) is 8.84. The van der Waals surface area contributed by atoms with E-state index in [1.807, 2.05) is 6.20 Å². The molecule has 5 rings (SSSR count). The second-order valence-electron chi connectivity index (χ2n) is 8.52. The lowest BCUT2D eigenvalue weighted by Crippen LogP contribution is -2.47. The molecule has 7 nitrogen and oxygen atoms in total. The highest BCUT2D eigenvalue weighted by molar-refractivity contribution is 7.90. The summed E-state index contributed by atoms with van der Waals surface area (Å²) in [5.41, 5.74) is 8.01. The molecule has 33 heavy (non-hydrogen) atoms. The molecule has 4 N–H and O–H groups in total. The van der Waals surface area contributed by atoms with Gasteiger partial charge in [0, 0.05) is 23.4 Å². The van der Waals surface area contributed by atoms with Gasteiger partial charge in [-0.05, 0) is 24.5 Å². The van der Waals surface area contributed by atoms with Crippen LogP contribution in [0.1, 0.15) is 37.3 Å². The number of nitrogens with zero attached hydrogens (tertiary/aromatic N) is 3. The number of aromatic nitrogens is 3. The zero-order valence-corrected chi connectivity index (χ0v) is 19.2. The molecule has 172 valence electrons. The van der Waals surface area contributed by atoms with E-state index < -0.39 is 26.0 Å². The van der Waals surface area contributed by atoms with E-state index in [1.54, 1.807) is 12.1 Å². The largest absolute Gasteiger partial charge is 0.383 e. The molecule has 2 heterocycles. The SMILES string of the molecule is Nc1ncnc2c1c(-c1ccc(C3(S(N)(=O)=O)C=CC=CC3Cl)c(F)c1)cn2C1CCCC1. The summed E-state index contributed by atoms with van der Waals surface area (Å²) >= 11 is 6.36. The van der Waals surface area contributed by atoms with Crippen molar-refractivity contribution in [2.75, 3.05) is 5.73 Å². The summed E-state index contributed by atoms with van der Waals surface area (Å²) in [6, 6.07) is 4.66. The first-order valence-corrected chi connectivity index (χ1v) is 12.7. The fourth-order valence-corrected chi connectivity index (χ4v) is 6.81. The molecule has 2 unspecified atom stereocenters. The van der Waals surface area contributed by atoms with Gasteiger partial charge >= 0.3 is 0 Å². The van der Waals surface area contributed by atoms with E-state index in [0.717, 1.165) is 25.7 Å². The van der Waals surface area contributed by atoms with Gasteiger partial charge in [0.2, 0.25) is 10.0 Å². The van der Waals surface area contributed by atoms with Gasteiger partial charge in [-0.15, -0.1) is 11.6 Å². The number of rotatable bonds is 4. The maximum Gasteiger partial charge on any atom is 0.224 e. The van der Waals surface area contributed by atoms with Crippen molar-refractivity contribution in [1.29, 1.82) is 0 Å². The lowest BCUT2D eigenvalue weighted by molar-refractivity contribution is 0.532. The van der Waals surface area contributed by atoms with Crippen LogP contribution in [0, 0.1) is 5.82 Å². The molecule has 0 radical (unpaired) electrons. The third-order valence-electron chi connectivity index (χ3n) is 6.67. The maximum atomic E-state index is 15.6. The van der Waals surface area contributed by atoms with Gasteiger partial charge in [-0.2, -0.15) is 0 Å². The number of nitrogen functional groups attached to an aromatic ring is 1. The molecule has 0 saturated heterocycles. The Morgan fingerprint density at radius 2 is 1.94 bits per heavy atom. The van der Waals surface area contributed by atoms with Crippen LogP contribution in [0.25, 0.3) is 22.2 Å². The number of anilines is 1. The Morgan fingerprint density at radius 1 is 1.18 bits per heavy atom. The minimum atomic E-state index is -4.29. The van der Waals surface area contributed by atoms with E-state index in [0.29, 0.717) is 34.0 Å². The first kappa shape index (κ1) is 22.1. The van der Waals surface area contributed by atoms with Crippen LogP contribution in [-0.4, -0.2) is 28.3 Å². The van der Waals surface area contributed by atoms with Gasteiger partial charge in [-0.25, -0.2) is 27.9 Å². The number of sulfonamides is 1.